The predicted molar refractivity (Wildman–Crippen MR) is 170 cm³/mol. The van der Waals surface area contributed by atoms with Crippen molar-refractivity contribution < 1.29 is 36.9 Å². The molecule has 0 bridgehead atoms. The topological polar surface area (TPSA) is 158 Å². The Bertz CT molecular complexity index is 1650. The van der Waals surface area contributed by atoms with Crippen LogP contribution in [-0.2, 0) is 29.7 Å². The zero-order chi connectivity index (χ0) is 33.9. The standard InChI is InChI=1S/C31H40FN6O7P/c1-30(2,3)44-46(42,45-31(4,5)6)43-20-38-19-22(24-23(32)18-35-27(25(24)38)34-13-12-33)26(39)29(41)37-16-14-36(15-17-37)28(40)21-10-8-7-9-11-21/h7-13,18-19H,14-17,20,33H2,1-6H3,(H,34,35). The van der Waals surface area contributed by atoms with E-state index in [0.717, 1.165) is 6.20 Å². The number of phosphoric ester groups is 1. The van der Waals surface area contributed by atoms with Crippen LogP contribution in [0.15, 0.2) is 55.1 Å². The van der Waals surface area contributed by atoms with Crippen LogP contribution in [-0.4, -0.2) is 74.3 Å². The fraction of sp³-hybridized carbons (Fsp3) is 0.419. The highest BCUT2D eigenvalue weighted by Gasteiger charge is 2.38. The second-order valence-electron chi connectivity index (χ2n) is 12.6. The number of nitrogens with two attached hydrogens (primary N) is 1. The molecule has 1 aliphatic heterocycles. The van der Waals surface area contributed by atoms with Gasteiger partial charge in [-0.05, 0) is 53.7 Å². The number of fused-ring (bicyclic) bond motifs is 1. The quantitative estimate of drug-likeness (QED) is 0.174. The average Bonchev–Trinajstić information content (AvgIpc) is 3.38. The van der Waals surface area contributed by atoms with Crippen LogP contribution >= 0.6 is 7.82 Å². The second kappa shape index (κ2) is 13.7. The molecule has 1 saturated heterocycles. The summed E-state index contributed by atoms with van der Waals surface area (Å²) in [4.78, 5) is 47.0. The fourth-order valence-electron chi connectivity index (χ4n) is 4.82. The maximum Gasteiger partial charge on any atom is 0.477 e. The normalized spacial score (nSPS) is 14.7. The number of pyridine rings is 1. The van der Waals surface area contributed by atoms with Gasteiger partial charge in [0.1, 0.15) is 6.73 Å². The fourth-order valence-corrected chi connectivity index (χ4v) is 6.57. The molecule has 15 heteroatoms. The molecule has 0 spiro atoms. The highest BCUT2D eigenvalue weighted by molar-refractivity contribution is 7.48. The van der Waals surface area contributed by atoms with Gasteiger partial charge in [-0.3, -0.25) is 28.0 Å². The first-order chi connectivity index (χ1) is 21.5. The van der Waals surface area contributed by atoms with Gasteiger partial charge in [-0.15, -0.1) is 0 Å². The molecule has 3 heterocycles. The van der Waals surface area contributed by atoms with Gasteiger partial charge in [0.2, 0.25) is 0 Å². The third-order valence-electron chi connectivity index (χ3n) is 6.60. The van der Waals surface area contributed by atoms with Gasteiger partial charge in [0, 0.05) is 50.3 Å². The van der Waals surface area contributed by atoms with Crippen molar-refractivity contribution in [1.82, 2.24) is 19.4 Å². The summed E-state index contributed by atoms with van der Waals surface area (Å²) < 4.78 is 47.6. The number of carbonyl (C=O) groups excluding carboxylic acids is 3. The van der Waals surface area contributed by atoms with Crippen molar-refractivity contribution in [2.75, 3.05) is 31.5 Å². The van der Waals surface area contributed by atoms with E-state index < -0.39 is 43.3 Å². The number of anilines is 1. The molecular formula is C31H40FN6O7P. The Morgan fingerprint density at radius 1 is 1.00 bits per heavy atom. The zero-order valence-electron chi connectivity index (χ0n) is 26.8. The Kier molecular flexibility index (Phi) is 10.4. The third kappa shape index (κ3) is 8.38. The van der Waals surface area contributed by atoms with E-state index in [1.54, 1.807) is 70.7 Å². The summed E-state index contributed by atoms with van der Waals surface area (Å²) in [5.74, 6) is -2.80. The summed E-state index contributed by atoms with van der Waals surface area (Å²) >= 11 is 0. The van der Waals surface area contributed by atoms with Gasteiger partial charge in [0.25, 0.3) is 17.6 Å². The second-order valence-corrected chi connectivity index (χ2v) is 14.1. The van der Waals surface area contributed by atoms with Crippen LogP contribution in [0.3, 0.4) is 0 Å². The maximum atomic E-state index is 15.4. The summed E-state index contributed by atoms with van der Waals surface area (Å²) in [6.45, 7) is 10.2. The third-order valence-corrected chi connectivity index (χ3v) is 8.58. The number of carbonyl (C=O) groups is 3. The number of halogens is 1. The minimum absolute atomic E-state index is 0.0468. The minimum Gasteiger partial charge on any atom is -0.403 e. The molecule has 248 valence electrons. The Balaban J connectivity index is 1.64. The molecule has 1 aliphatic rings. The van der Waals surface area contributed by atoms with Gasteiger partial charge >= 0.3 is 7.82 Å². The summed E-state index contributed by atoms with van der Waals surface area (Å²) in [7, 11) is -4.23. The number of hydrogen-bond acceptors (Lipinski definition) is 10. The summed E-state index contributed by atoms with van der Waals surface area (Å²) in [5, 5.41) is 2.61. The molecule has 3 aromatic rings. The molecule has 3 N–H and O–H groups in total. The summed E-state index contributed by atoms with van der Waals surface area (Å²) in [6, 6.07) is 8.77. The number of ketones is 1. The van der Waals surface area contributed by atoms with Crippen molar-refractivity contribution in [3.05, 3.63) is 72.1 Å². The van der Waals surface area contributed by atoms with E-state index in [9.17, 15) is 18.9 Å². The van der Waals surface area contributed by atoms with E-state index >= 15 is 4.39 Å². The largest absolute Gasteiger partial charge is 0.477 e. The van der Waals surface area contributed by atoms with Crippen LogP contribution in [0, 0.1) is 5.82 Å². The van der Waals surface area contributed by atoms with E-state index in [0.29, 0.717) is 5.56 Å². The lowest BCUT2D eigenvalue weighted by molar-refractivity contribution is -0.127. The van der Waals surface area contributed by atoms with E-state index in [1.165, 1.54) is 28.1 Å². The lowest BCUT2D eigenvalue weighted by atomic mass is 10.1. The molecule has 0 atom stereocenters. The van der Waals surface area contributed by atoms with Gasteiger partial charge < -0.3 is 25.4 Å². The van der Waals surface area contributed by atoms with Crippen LogP contribution in [0.4, 0.5) is 10.2 Å². The molecule has 0 radical (unpaired) electrons. The number of nitrogens with one attached hydrogen (secondary N) is 1. The van der Waals surface area contributed by atoms with Crippen molar-refractivity contribution in [2.45, 2.75) is 59.5 Å². The number of benzene rings is 1. The molecule has 13 nitrogen and oxygen atoms in total. The van der Waals surface area contributed by atoms with E-state index in [1.807, 2.05) is 6.07 Å². The van der Waals surface area contributed by atoms with Crippen molar-refractivity contribution >= 4 is 42.1 Å². The number of amides is 2. The van der Waals surface area contributed by atoms with E-state index in [4.69, 9.17) is 19.3 Å². The molecule has 0 aliphatic carbocycles. The molecule has 1 aromatic carbocycles. The van der Waals surface area contributed by atoms with Gasteiger partial charge in [-0.25, -0.2) is 13.9 Å². The lowest BCUT2D eigenvalue weighted by Crippen LogP contribution is -2.52. The highest BCUT2D eigenvalue weighted by Crippen LogP contribution is 2.55. The first-order valence-electron chi connectivity index (χ1n) is 14.7. The Morgan fingerprint density at radius 2 is 1.59 bits per heavy atom. The zero-order valence-corrected chi connectivity index (χ0v) is 27.7. The lowest BCUT2D eigenvalue weighted by Gasteiger charge is -2.34. The highest BCUT2D eigenvalue weighted by atomic mass is 31.2. The molecular weight excluding hydrogens is 618 g/mol. The molecule has 0 saturated carbocycles. The van der Waals surface area contributed by atoms with Gasteiger partial charge in [-0.1, -0.05) is 18.2 Å². The number of piperazine rings is 1. The first-order valence-corrected chi connectivity index (χ1v) is 16.1. The maximum absolute atomic E-state index is 15.4. The van der Waals surface area contributed by atoms with Crippen LogP contribution in [0.2, 0.25) is 0 Å². The number of rotatable bonds is 10. The molecule has 2 aromatic heterocycles. The summed E-state index contributed by atoms with van der Waals surface area (Å²) in [5.41, 5.74) is 3.96. The van der Waals surface area contributed by atoms with E-state index in [-0.39, 0.29) is 54.4 Å². The van der Waals surface area contributed by atoms with Crippen LogP contribution in [0.25, 0.3) is 10.9 Å². The van der Waals surface area contributed by atoms with E-state index in [2.05, 4.69) is 10.3 Å². The van der Waals surface area contributed by atoms with Crippen LogP contribution < -0.4 is 11.1 Å². The minimum atomic E-state index is -4.23. The van der Waals surface area contributed by atoms with Gasteiger partial charge in [-0.2, -0.15) is 0 Å². The smallest absolute Gasteiger partial charge is 0.403 e. The SMILES string of the molecule is CC(C)(C)OP(=O)(OCn1cc(C(=O)C(=O)N2CCN(C(=O)c3ccccc3)CC2)c2c(F)cnc(NC=CN)c21)OC(C)(C)C. The summed E-state index contributed by atoms with van der Waals surface area (Å²) in [6.07, 6.45) is 4.69. The number of phosphoric acid groups is 1. The monoisotopic (exact) mass is 658 g/mol. The van der Waals surface area contributed by atoms with Crippen molar-refractivity contribution in [2.24, 2.45) is 5.73 Å². The number of Topliss-reactive ketones (excluding diaryl/α,β-unsaturated/α-hetero) is 1. The van der Waals surface area contributed by atoms with Crippen molar-refractivity contribution in [1.29, 1.82) is 0 Å². The van der Waals surface area contributed by atoms with Gasteiger partial charge in [0.05, 0.1) is 33.9 Å². The average molecular weight is 659 g/mol. The molecule has 1 fully saturated rings. The molecule has 46 heavy (non-hydrogen) atoms. The number of nitrogens with zero attached hydrogens (tertiary/aromatic N) is 4. The Hall–Kier alpha value is -4.10. The predicted octanol–water partition coefficient (Wildman–Crippen LogP) is 4.90. The van der Waals surface area contributed by atoms with Gasteiger partial charge in [0.15, 0.2) is 11.6 Å². The van der Waals surface area contributed by atoms with Crippen molar-refractivity contribution in [3.8, 4) is 0 Å². The van der Waals surface area contributed by atoms with Crippen molar-refractivity contribution in [3.63, 3.8) is 0 Å². The molecule has 2 amide bonds. The first kappa shape index (κ1) is 34.8. The molecule has 4 rings (SSSR count). The number of hydrogen-bond donors (Lipinski definition) is 2. The Labute approximate surface area is 267 Å². The Morgan fingerprint density at radius 3 is 2.15 bits per heavy atom. The molecule has 0 unspecified atom stereocenters. The van der Waals surface area contributed by atoms with Crippen LogP contribution in [0.1, 0.15) is 62.3 Å². The van der Waals surface area contributed by atoms with Crippen LogP contribution in [0.5, 0.6) is 0 Å². The number of aromatic nitrogens is 2.